The first-order valence-corrected chi connectivity index (χ1v) is 7.11. The Balaban J connectivity index is 0.00000254. The van der Waals surface area contributed by atoms with Gasteiger partial charge in [-0.25, -0.2) is 4.79 Å². The van der Waals surface area contributed by atoms with E-state index in [-0.39, 0.29) is 35.4 Å². The monoisotopic (exact) mass is 343 g/mol. The molecule has 0 bridgehead atoms. The summed E-state index contributed by atoms with van der Waals surface area (Å²) in [6.07, 6.45) is 1.34. The van der Waals surface area contributed by atoms with Crippen molar-refractivity contribution in [3.8, 4) is 17.2 Å². The van der Waals surface area contributed by atoms with Crippen LogP contribution in [0.4, 0.5) is 0 Å². The van der Waals surface area contributed by atoms with Gasteiger partial charge in [-0.05, 0) is 25.0 Å². The number of unbranched alkanes of at least 4 members (excludes halogenated alkanes) is 1. The lowest BCUT2D eigenvalue weighted by molar-refractivity contribution is 0.0498. The number of carbonyl (C=O) groups excluding carboxylic acids is 1. The van der Waals surface area contributed by atoms with E-state index in [1.165, 1.54) is 26.4 Å². The van der Waals surface area contributed by atoms with Crippen LogP contribution >= 0.6 is 0 Å². The highest BCUT2D eigenvalue weighted by Gasteiger charge is 2.16. The van der Waals surface area contributed by atoms with Crippen LogP contribution in [0.5, 0.6) is 17.2 Å². The summed E-state index contributed by atoms with van der Waals surface area (Å²) in [4.78, 5) is 15.8. The van der Waals surface area contributed by atoms with E-state index in [1.807, 2.05) is 0 Å². The third kappa shape index (κ3) is 7.05. The number of aliphatic imine (C=N–C) groups is 1. The second-order valence-corrected chi connectivity index (χ2v) is 4.38. The number of nitrogens with zero attached hydrogens (tertiary/aromatic N) is 1. The number of aromatic hydroxyl groups is 1. The summed E-state index contributed by atoms with van der Waals surface area (Å²) in [5.74, 6) is -0.379. The van der Waals surface area contributed by atoms with Crippen LogP contribution in [0.3, 0.4) is 0 Å². The molecule has 24 heavy (non-hydrogen) atoms. The highest BCUT2D eigenvalue weighted by molar-refractivity contribution is 5.91. The van der Waals surface area contributed by atoms with Gasteiger partial charge in [-0.3, -0.25) is 4.99 Å². The fraction of sp³-hybridized carbons (Fsp3) is 0.467. The molecule has 0 unspecified atom stereocenters. The van der Waals surface area contributed by atoms with Crippen LogP contribution < -0.4 is 20.9 Å². The number of esters is 1. The molecule has 9 nitrogen and oxygen atoms in total. The normalized spacial score (nSPS) is 9.33. The molecule has 1 rings (SSSR count). The standard InChI is InChI=1S/C14H21N3O5.CH4O/c1-20-10-7-9(8-11(21-2)12(10)18)13(19)22-6-4-3-5-17-14(15)16;1-2/h7-8,18H,3-6H2,1-2H3,(H4,15,16,17);2H,1H3. The van der Waals surface area contributed by atoms with Gasteiger partial charge in [0.15, 0.2) is 17.5 Å². The molecule has 0 atom stereocenters. The molecule has 0 aliphatic heterocycles. The van der Waals surface area contributed by atoms with Gasteiger partial charge in [-0.2, -0.15) is 0 Å². The first kappa shape index (κ1) is 21.3. The van der Waals surface area contributed by atoms with Crippen LogP contribution in [0.2, 0.25) is 0 Å². The zero-order valence-electron chi connectivity index (χ0n) is 14.1. The van der Waals surface area contributed by atoms with Crippen molar-refractivity contribution in [2.45, 2.75) is 12.8 Å². The minimum Gasteiger partial charge on any atom is -0.502 e. The first-order chi connectivity index (χ1) is 11.5. The molecule has 9 heteroatoms. The van der Waals surface area contributed by atoms with E-state index in [1.54, 1.807) is 0 Å². The molecule has 0 saturated carbocycles. The molecule has 0 fully saturated rings. The smallest absolute Gasteiger partial charge is 0.338 e. The van der Waals surface area contributed by atoms with E-state index in [4.69, 9.17) is 30.8 Å². The maximum atomic E-state index is 12.0. The molecule has 136 valence electrons. The van der Waals surface area contributed by atoms with Crippen molar-refractivity contribution in [3.63, 3.8) is 0 Å². The second-order valence-electron chi connectivity index (χ2n) is 4.38. The van der Waals surface area contributed by atoms with Crippen LogP contribution in [0.1, 0.15) is 23.2 Å². The molecular formula is C15H25N3O6. The van der Waals surface area contributed by atoms with E-state index >= 15 is 0 Å². The summed E-state index contributed by atoms with van der Waals surface area (Å²) in [7, 11) is 3.76. The highest BCUT2D eigenvalue weighted by Crippen LogP contribution is 2.37. The van der Waals surface area contributed by atoms with E-state index in [9.17, 15) is 9.90 Å². The minimum atomic E-state index is -0.529. The summed E-state index contributed by atoms with van der Waals surface area (Å²) in [5, 5.41) is 16.8. The zero-order valence-corrected chi connectivity index (χ0v) is 14.1. The fourth-order valence-corrected chi connectivity index (χ4v) is 1.68. The topological polar surface area (TPSA) is 150 Å². The number of aliphatic hydroxyl groups excluding tert-OH is 1. The molecular weight excluding hydrogens is 318 g/mol. The molecule has 0 radical (unpaired) electrons. The quantitative estimate of drug-likeness (QED) is 0.227. The third-order valence-electron chi connectivity index (χ3n) is 2.80. The van der Waals surface area contributed by atoms with Crippen LogP contribution in [0, 0.1) is 0 Å². The van der Waals surface area contributed by atoms with Crippen molar-refractivity contribution in [2.24, 2.45) is 16.5 Å². The van der Waals surface area contributed by atoms with E-state index in [2.05, 4.69) is 4.99 Å². The van der Waals surface area contributed by atoms with Crippen molar-refractivity contribution in [2.75, 3.05) is 34.5 Å². The number of guanidine groups is 1. The number of hydrogen-bond donors (Lipinski definition) is 4. The summed E-state index contributed by atoms with van der Waals surface area (Å²) < 4.78 is 15.1. The van der Waals surface area contributed by atoms with Gasteiger partial charge in [0.2, 0.25) is 5.75 Å². The van der Waals surface area contributed by atoms with Gasteiger partial charge >= 0.3 is 5.97 Å². The maximum absolute atomic E-state index is 12.0. The number of nitrogens with two attached hydrogens (primary N) is 2. The number of phenolic OH excluding ortho intramolecular Hbond substituents is 1. The molecule has 0 spiro atoms. The van der Waals surface area contributed by atoms with E-state index < -0.39 is 5.97 Å². The van der Waals surface area contributed by atoms with E-state index in [0.717, 1.165) is 7.11 Å². The Morgan fingerprint density at radius 2 is 1.67 bits per heavy atom. The van der Waals surface area contributed by atoms with Gasteiger partial charge in [0.05, 0.1) is 26.4 Å². The van der Waals surface area contributed by atoms with Crippen molar-refractivity contribution in [1.82, 2.24) is 0 Å². The molecule has 0 saturated heterocycles. The summed E-state index contributed by atoms with van der Waals surface area (Å²) in [6.45, 7) is 0.727. The van der Waals surface area contributed by atoms with Crippen LogP contribution in [0.15, 0.2) is 17.1 Å². The number of ether oxygens (including phenoxy) is 3. The average molecular weight is 343 g/mol. The van der Waals surface area contributed by atoms with Crippen LogP contribution in [0.25, 0.3) is 0 Å². The number of methoxy groups -OCH3 is 2. The molecule has 1 aromatic carbocycles. The molecule has 0 aliphatic carbocycles. The Morgan fingerprint density at radius 1 is 1.12 bits per heavy atom. The van der Waals surface area contributed by atoms with E-state index in [0.29, 0.717) is 19.4 Å². The molecule has 6 N–H and O–H groups in total. The number of benzene rings is 1. The number of aliphatic hydroxyl groups is 1. The van der Waals surface area contributed by atoms with Crippen molar-refractivity contribution in [3.05, 3.63) is 17.7 Å². The lowest BCUT2D eigenvalue weighted by Crippen LogP contribution is -2.23. The largest absolute Gasteiger partial charge is 0.502 e. The Labute approximate surface area is 140 Å². The number of hydrogen-bond acceptors (Lipinski definition) is 7. The zero-order chi connectivity index (χ0) is 18.5. The first-order valence-electron chi connectivity index (χ1n) is 7.11. The third-order valence-corrected chi connectivity index (χ3v) is 2.80. The fourth-order valence-electron chi connectivity index (χ4n) is 1.68. The molecule has 0 amide bonds. The van der Waals surface area contributed by atoms with Gasteiger partial charge in [0, 0.05) is 13.7 Å². The molecule has 0 aromatic heterocycles. The molecule has 0 aliphatic rings. The lowest BCUT2D eigenvalue weighted by atomic mass is 10.2. The number of phenols is 1. The van der Waals surface area contributed by atoms with Gasteiger partial charge < -0.3 is 35.9 Å². The van der Waals surface area contributed by atoms with Gasteiger partial charge in [-0.15, -0.1) is 0 Å². The number of rotatable bonds is 8. The summed E-state index contributed by atoms with van der Waals surface area (Å²) in [5.41, 5.74) is 10.6. The van der Waals surface area contributed by atoms with Gasteiger partial charge in [0.25, 0.3) is 0 Å². The van der Waals surface area contributed by atoms with Crippen molar-refractivity contribution < 1.29 is 29.2 Å². The Hall–Kier alpha value is -2.68. The summed E-state index contributed by atoms with van der Waals surface area (Å²) >= 11 is 0. The minimum absolute atomic E-state index is 0.0419. The van der Waals surface area contributed by atoms with Crippen LogP contribution in [-0.4, -0.2) is 56.6 Å². The maximum Gasteiger partial charge on any atom is 0.338 e. The highest BCUT2D eigenvalue weighted by atomic mass is 16.5. The Kier molecular flexibility index (Phi) is 10.5. The second kappa shape index (κ2) is 11.8. The Morgan fingerprint density at radius 3 is 2.12 bits per heavy atom. The SMILES string of the molecule is CO.COc1cc(C(=O)OCCCCN=C(N)N)cc(OC)c1O. The van der Waals surface area contributed by atoms with Gasteiger partial charge in [-0.1, -0.05) is 0 Å². The van der Waals surface area contributed by atoms with Crippen molar-refractivity contribution >= 4 is 11.9 Å². The molecule has 0 heterocycles. The summed E-state index contributed by atoms with van der Waals surface area (Å²) in [6, 6.07) is 2.78. The predicted molar refractivity (Wildman–Crippen MR) is 89.5 cm³/mol. The lowest BCUT2D eigenvalue weighted by Gasteiger charge is -2.11. The predicted octanol–water partition coefficient (Wildman–Crippen LogP) is 0.228. The Bertz CT molecular complexity index is 519. The average Bonchev–Trinajstić information content (AvgIpc) is 2.59. The number of carbonyl (C=O) groups is 1. The van der Waals surface area contributed by atoms with Gasteiger partial charge in [0.1, 0.15) is 0 Å². The van der Waals surface area contributed by atoms with Crippen molar-refractivity contribution in [1.29, 1.82) is 0 Å². The molecule has 1 aromatic rings. The van der Waals surface area contributed by atoms with Crippen LogP contribution in [-0.2, 0) is 4.74 Å².